The minimum Gasteiger partial charge on any atom is -0.480 e. The van der Waals surface area contributed by atoms with Gasteiger partial charge >= 0.3 is 24.4 Å². The number of benzene rings is 1. The van der Waals surface area contributed by atoms with Crippen LogP contribution in [-0.2, 0) is 30.2 Å². The highest BCUT2D eigenvalue weighted by Gasteiger charge is 2.23. The topological polar surface area (TPSA) is 156 Å². The molecule has 2 N–H and O–H groups in total. The summed E-state index contributed by atoms with van der Waals surface area (Å²) < 4.78 is 31.1. The average molecular weight is 598 g/mol. The van der Waals surface area contributed by atoms with E-state index in [0.717, 1.165) is 12.8 Å². The summed E-state index contributed by atoms with van der Waals surface area (Å²) in [5.41, 5.74) is 0.231. The Kier molecular flexibility index (Phi) is 15.7. The van der Waals surface area contributed by atoms with Crippen molar-refractivity contribution in [2.45, 2.75) is 86.8 Å². The molecule has 1 aromatic rings. The first-order valence-electron chi connectivity index (χ1n) is 14.2. The molecule has 0 saturated carbocycles. The molecule has 12 heteroatoms. The van der Waals surface area contributed by atoms with Crippen molar-refractivity contribution in [2.24, 2.45) is 17.3 Å². The van der Waals surface area contributed by atoms with E-state index in [1.165, 1.54) is 18.2 Å². The third kappa shape index (κ3) is 15.5. The maximum Gasteiger partial charge on any atom is 0.513 e. The molecule has 0 fully saturated rings. The number of rotatable bonds is 16. The maximum absolute atomic E-state index is 12.4. The summed E-state index contributed by atoms with van der Waals surface area (Å²) in [7, 11) is 0. The van der Waals surface area contributed by atoms with Gasteiger partial charge in [-0.1, -0.05) is 67.4 Å². The quantitative estimate of drug-likeness (QED) is 0.131. The van der Waals surface area contributed by atoms with E-state index in [0.29, 0.717) is 5.56 Å². The van der Waals surface area contributed by atoms with Gasteiger partial charge in [0.25, 0.3) is 0 Å². The summed E-state index contributed by atoms with van der Waals surface area (Å²) in [4.78, 5) is 48.5. The Labute approximate surface area is 248 Å². The van der Waals surface area contributed by atoms with Crippen molar-refractivity contribution in [2.75, 3.05) is 26.4 Å². The molecule has 12 nitrogen and oxygen atoms in total. The molecule has 238 valence electrons. The van der Waals surface area contributed by atoms with Gasteiger partial charge in [-0.3, -0.25) is 4.79 Å². The molecule has 3 unspecified atom stereocenters. The van der Waals surface area contributed by atoms with Crippen molar-refractivity contribution < 1.29 is 52.7 Å². The van der Waals surface area contributed by atoms with Gasteiger partial charge in [-0.05, 0) is 48.3 Å². The van der Waals surface area contributed by atoms with Crippen molar-refractivity contribution in [3.05, 3.63) is 23.8 Å². The van der Waals surface area contributed by atoms with Crippen LogP contribution in [0.2, 0.25) is 0 Å². The summed E-state index contributed by atoms with van der Waals surface area (Å²) in [6.45, 7) is 15.6. The fraction of sp³-hybridized carbons (Fsp3) is 0.667. The van der Waals surface area contributed by atoms with Crippen molar-refractivity contribution in [1.29, 1.82) is 0 Å². The number of ether oxygens (including phenoxy) is 6. The number of carboxylic acids is 1. The second-order valence-corrected chi connectivity index (χ2v) is 11.7. The van der Waals surface area contributed by atoms with E-state index in [2.05, 4.69) is 5.32 Å². The second-order valence-electron chi connectivity index (χ2n) is 11.7. The zero-order valence-corrected chi connectivity index (χ0v) is 26.0. The highest BCUT2D eigenvalue weighted by molar-refractivity contribution is 5.74. The van der Waals surface area contributed by atoms with Crippen LogP contribution < -0.4 is 14.8 Å². The minimum atomic E-state index is -1.15. The normalized spacial score (nSPS) is 14.1. The molecular formula is C30H47NO11. The Hall–Kier alpha value is -3.54. The monoisotopic (exact) mass is 597 g/mol. The van der Waals surface area contributed by atoms with Crippen LogP contribution in [-0.4, -0.2) is 68.1 Å². The molecule has 0 aliphatic carbocycles. The highest BCUT2D eigenvalue weighted by atomic mass is 16.7. The summed E-state index contributed by atoms with van der Waals surface area (Å²) >= 11 is 0. The molecule has 4 atom stereocenters. The number of carbonyl (C=O) groups excluding carboxylic acids is 3. The van der Waals surface area contributed by atoms with Gasteiger partial charge in [0.15, 0.2) is 11.5 Å². The molecule has 0 heterocycles. The molecule has 0 bridgehead atoms. The molecular weight excluding hydrogens is 550 g/mol. The van der Waals surface area contributed by atoms with Crippen molar-refractivity contribution >= 4 is 24.4 Å². The van der Waals surface area contributed by atoms with Crippen LogP contribution in [0.5, 0.6) is 11.5 Å². The van der Waals surface area contributed by atoms with Gasteiger partial charge in [0.1, 0.15) is 12.1 Å². The molecule has 0 radical (unpaired) electrons. The average Bonchev–Trinajstić information content (AvgIpc) is 2.92. The number of nitrogens with one attached hydrogen (secondary N) is 1. The van der Waals surface area contributed by atoms with E-state index >= 15 is 0 Å². The molecule has 0 saturated heterocycles. The maximum atomic E-state index is 12.4. The van der Waals surface area contributed by atoms with E-state index < -0.39 is 36.6 Å². The van der Waals surface area contributed by atoms with Gasteiger partial charge in [-0.25, -0.2) is 14.4 Å². The minimum absolute atomic E-state index is 0.0342. The van der Waals surface area contributed by atoms with Crippen LogP contribution >= 0.6 is 0 Å². The van der Waals surface area contributed by atoms with Gasteiger partial charge < -0.3 is 38.8 Å². The predicted octanol–water partition coefficient (Wildman–Crippen LogP) is 5.98. The van der Waals surface area contributed by atoms with Gasteiger partial charge in [0.05, 0.1) is 19.8 Å². The molecule has 0 aromatic heterocycles. The van der Waals surface area contributed by atoms with Crippen LogP contribution in [0.3, 0.4) is 0 Å². The van der Waals surface area contributed by atoms with E-state index in [-0.39, 0.29) is 61.5 Å². The summed E-state index contributed by atoms with van der Waals surface area (Å²) in [5.74, 6) is -1.13. The lowest BCUT2D eigenvalue weighted by atomic mass is 9.99. The Bertz CT molecular complexity index is 1020. The van der Waals surface area contributed by atoms with Gasteiger partial charge in [-0.15, -0.1) is 0 Å². The van der Waals surface area contributed by atoms with E-state index in [1.807, 2.05) is 48.5 Å². The zero-order valence-electron chi connectivity index (χ0n) is 26.0. The standard InChI is InChI=1S/C30H47NO11/c1-9-19(3)16-37-27(34)41-24-12-11-22(14-25(24)42-28(35)38-17-20(4)10-2)13-23(26(32)33)31-15-21(5)40-29(36)39-18-30(6,7)8/h11-12,14,19-21,23,31H,9-10,13,15-18H2,1-8H3,(H,32,33)/t19?,20?,21?,23-/m0/s1. The lowest BCUT2D eigenvalue weighted by molar-refractivity contribution is -0.139. The number of hydrogen-bond donors (Lipinski definition) is 2. The van der Waals surface area contributed by atoms with Crippen LogP contribution in [0.1, 0.15) is 73.8 Å². The Balaban J connectivity index is 2.96. The Morgan fingerprint density at radius 1 is 0.833 bits per heavy atom. The molecule has 0 aliphatic heterocycles. The first-order chi connectivity index (χ1) is 19.6. The SMILES string of the molecule is CCC(C)COC(=O)Oc1ccc(C[C@H](NCC(C)OC(=O)OCC(C)(C)C)C(=O)O)cc1OC(=O)OCC(C)CC. The van der Waals surface area contributed by atoms with Crippen LogP contribution in [0.15, 0.2) is 18.2 Å². The van der Waals surface area contributed by atoms with E-state index in [9.17, 15) is 24.3 Å². The molecule has 42 heavy (non-hydrogen) atoms. The van der Waals surface area contributed by atoms with Crippen LogP contribution in [0.25, 0.3) is 0 Å². The fourth-order valence-corrected chi connectivity index (χ4v) is 3.04. The lowest BCUT2D eigenvalue weighted by Crippen LogP contribution is -2.42. The van der Waals surface area contributed by atoms with Crippen LogP contribution in [0.4, 0.5) is 14.4 Å². The molecule has 0 spiro atoms. The molecule has 0 amide bonds. The van der Waals surface area contributed by atoms with Gasteiger partial charge in [0.2, 0.25) is 0 Å². The first-order valence-corrected chi connectivity index (χ1v) is 14.2. The largest absolute Gasteiger partial charge is 0.513 e. The zero-order chi connectivity index (χ0) is 31.9. The molecule has 1 rings (SSSR count). The second kappa shape index (κ2) is 18.1. The summed E-state index contributed by atoms with van der Waals surface area (Å²) in [6.07, 6.45) is -1.91. The smallest absolute Gasteiger partial charge is 0.480 e. The Morgan fingerprint density at radius 2 is 1.38 bits per heavy atom. The summed E-state index contributed by atoms with van der Waals surface area (Å²) in [5, 5.41) is 12.6. The van der Waals surface area contributed by atoms with Gasteiger partial charge in [-0.2, -0.15) is 0 Å². The predicted molar refractivity (Wildman–Crippen MR) is 154 cm³/mol. The third-order valence-electron chi connectivity index (χ3n) is 6.07. The van der Waals surface area contributed by atoms with Crippen molar-refractivity contribution in [3.63, 3.8) is 0 Å². The molecule has 0 aliphatic rings. The van der Waals surface area contributed by atoms with Gasteiger partial charge in [0, 0.05) is 6.54 Å². The number of hydrogen-bond acceptors (Lipinski definition) is 11. The highest BCUT2D eigenvalue weighted by Crippen LogP contribution is 2.30. The van der Waals surface area contributed by atoms with Crippen LogP contribution in [0, 0.1) is 17.3 Å². The molecule has 1 aromatic carbocycles. The van der Waals surface area contributed by atoms with Crippen molar-refractivity contribution in [1.82, 2.24) is 5.32 Å². The lowest BCUT2D eigenvalue weighted by Gasteiger charge is -2.21. The first kappa shape index (κ1) is 36.5. The number of carbonyl (C=O) groups is 4. The Morgan fingerprint density at radius 3 is 1.88 bits per heavy atom. The third-order valence-corrected chi connectivity index (χ3v) is 6.07. The fourth-order valence-electron chi connectivity index (χ4n) is 3.04. The number of carboxylic acid groups (broad SMARTS) is 1. The summed E-state index contributed by atoms with van der Waals surface area (Å²) in [6, 6.07) is 3.23. The van der Waals surface area contributed by atoms with E-state index in [4.69, 9.17) is 28.4 Å². The van der Waals surface area contributed by atoms with Crippen molar-refractivity contribution in [3.8, 4) is 11.5 Å². The van der Waals surface area contributed by atoms with E-state index in [1.54, 1.807) is 6.92 Å². The number of aliphatic carboxylic acids is 1.